The number of alkyl halides is 3. The van der Waals surface area contributed by atoms with Crippen LogP contribution in [0.1, 0.15) is 66.7 Å². The third-order valence-corrected chi connectivity index (χ3v) is 6.96. The third-order valence-electron chi connectivity index (χ3n) is 5.60. The van der Waals surface area contributed by atoms with Crippen LogP contribution in [0.2, 0.25) is 0 Å². The van der Waals surface area contributed by atoms with Crippen molar-refractivity contribution < 1.29 is 19.1 Å². The lowest BCUT2D eigenvalue weighted by atomic mass is 10.2. The fourth-order valence-corrected chi connectivity index (χ4v) is 3.52. The molecule has 0 bridgehead atoms. The topological polar surface area (TPSA) is 132 Å². The molecule has 14 heteroatoms. The van der Waals surface area contributed by atoms with E-state index >= 15 is 0 Å². The summed E-state index contributed by atoms with van der Waals surface area (Å²) < 4.78 is 8.94. The van der Waals surface area contributed by atoms with E-state index in [9.17, 15) is 9.59 Å². The van der Waals surface area contributed by atoms with Crippen molar-refractivity contribution >= 4 is 47.0 Å². The molecule has 0 aliphatic rings. The number of hydrogen-bond acceptors (Lipinski definition) is 7. The second-order valence-electron chi connectivity index (χ2n) is 10.9. The zero-order valence-electron chi connectivity index (χ0n) is 24.7. The normalized spacial score (nSPS) is 12.0. The number of hydrogen-bond donors (Lipinski definition) is 2. The quantitative estimate of drug-likeness (QED) is 0.0398. The number of ether oxygens (including phenoxy) is 2. The average molecular weight is 629 g/mol. The van der Waals surface area contributed by atoms with Gasteiger partial charge in [-0.25, -0.2) is 9.59 Å². The Balaban J connectivity index is 4.46. The molecule has 0 aromatic carbocycles. The summed E-state index contributed by atoms with van der Waals surface area (Å²) in [7, 11) is 0. The first-order valence-electron chi connectivity index (χ1n) is 13.7. The number of halogens is 3. The number of alkyl carbamates (subject to hydrolysis) is 1. The van der Waals surface area contributed by atoms with Crippen LogP contribution in [0.5, 0.6) is 0 Å². The smallest absolute Gasteiger partial charge is 0.410 e. The standard InChI is InChI=1S/C26H48Cl3N7O4/c1-7-17-35(18-10-14-31-13-8-9-15-32-22(37)39-24(2,3)4)19-12-21-36(20-11-16-33-34-30)23(38)40-25(5,6)26(27,28)29/h7,31H,1,8-21H2,2-6H3,(H,32,37). The summed E-state index contributed by atoms with van der Waals surface area (Å²) >= 11 is 17.9. The van der Waals surface area contributed by atoms with Crippen LogP contribution in [0.3, 0.4) is 0 Å². The van der Waals surface area contributed by atoms with E-state index in [2.05, 4.69) is 32.1 Å². The van der Waals surface area contributed by atoms with E-state index in [1.807, 2.05) is 26.8 Å². The van der Waals surface area contributed by atoms with Gasteiger partial charge in [-0.2, -0.15) is 0 Å². The Bertz CT molecular complexity index is 798. The van der Waals surface area contributed by atoms with Crippen LogP contribution in [0.25, 0.3) is 10.4 Å². The minimum atomic E-state index is -1.79. The van der Waals surface area contributed by atoms with Gasteiger partial charge in [0.05, 0.1) is 0 Å². The third kappa shape index (κ3) is 19.5. The molecule has 0 unspecified atom stereocenters. The Kier molecular flexibility index (Phi) is 19.5. The summed E-state index contributed by atoms with van der Waals surface area (Å²) in [6.07, 6.45) is 4.87. The molecule has 0 radical (unpaired) electrons. The van der Waals surface area contributed by atoms with Crippen LogP contribution in [0.4, 0.5) is 9.59 Å². The van der Waals surface area contributed by atoms with Gasteiger partial charge in [-0.05, 0) is 91.9 Å². The van der Waals surface area contributed by atoms with Gasteiger partial charge in [-0.3, -0.25) is 4.90 Å². The highest BCUT2D eigenvalue weighted by Gasteiger charge is 2.44. The fraction of sp³-hybridized carbons (Fsp3) is 0.846. The van der Waals surface area contributed by atoms with Crippen molar-refractivity contribution in [2.24, 2.45) is 5.11 Å². The second-order valence-corrected chi connectivity index (χ2v) is 13.1. The molecule has 232 valence electrons. The van der Waals surface area contributed by atoms with Gasteiger partial charge in [0.2, 0.25) is 3.79 Å². The van der Waals surface area contributed by atoms with Gasteiger partial charge >= 0.3 is 12.2 Å². The minimum Gasteiger partial charge on any atom is -0.444 e. The van der Waals surface area contributed by atoms with Gasteiger partial charge in [-0.15, -0.1) is 6.58 Å². The van der Waals surface area contributed by atoms with Crippen molar-refractivity contribution in [3.63, 3.8) is 0 Å². The van der Waals surface area contributed by atoms with Crippen molar-refractivity contribution in [1.29, 1.82) is 0 Å². The summed E-state index contributed by atoms with van der Waals surface area (Å²) in [5, 5.41) is 9.73. The molecule has 0 spiro atoms. The Morgan fingerprint density at radius 1 is 0.925 bits per heavy atom. The van der Waals surface area contributed by atoms with Gasteiger partial charge in [0.15, 0.2) is 5.60 Å². The lowest BCUT2D eigenvalue weighted by Gasteiger charge is -2.34. The van der Waals surface area contributed by atoms with E-state index in [4.69, 9.17) is 49.8 Å². The van der Waals surface area contributed by atoms with E-state index < -0.39 is 21.1 Å². The molecule has 0 heterocycles. The van der Waals surface area contributed by atoms with Crippen LogP contribution in [-0.4, -0.2) is 95.9 Å². The molecule has 0 aromatic heterocycles. The molecular formula is C26H48Cl3N7O4. The number of unbranched alkanes of at least 4 members (excludes halogenated alkanes) is 1. The first-order chi connectivity index (χ1) is 18.6. The van der Waals surface area contributed by atoms with Gasteiger partial charge in [0.1, 0.15) is 5.60 Å². The first-order valence-corrected chi connectivity index (χ1v) is 14.8. The van der Waals surface area contributed by atoms with E-state index in [1.165, 1.54) is 13.8 Å². The summed E-state index contributed by atoms with van der Waals surface area (Å²) in [6.45, 7) is 18.2. The van der Waals surface area contributed by atoms with E-state index in [1.54, 1.807) is 4.90 Å². The fourth-order valence-electron chi connectivity index (χ4n) is 3.41. The molecular weight excluding hydrogens is 581 g/mol. The molecule has 0 aliphatic heterocycles. The van der Waals surface area contributed by atoms with E-state index in [-0.39, 0.29) is 12.6 Å². The highest BCUT2D eigenvalue weighted by atomic mass is 35.6. The van der Waals surface area contributed by atoms with Crippen molar-refractivity contribution in [2.45, 2.75) is 81.7 Å². The molecule has 0 fully saturated rings. The Hall–Kier alpha value is -1.62. The Morgan fingerprint density at radius 2 is 1.52 bits per heavy atom. The van der Waals surface area contributed by atoms with Gasteiger partial charge in [-0.1, -0.05) is 46.0 Å². The number of carbonyl (C=O) groups is 2. The number of nitrogens with zero attached hydrogens (tertiary/aromatic N) is 5. The largest absolute Gasteiger partial charge is 0.444 e. The van der Waals surface area contributed by atoms with Gasteiger partial charge in [0, 0.05) is 44.2 Å². The highest BCUT2D eigenvalue weighted by Crippen LogP contribution is 2.40. The second kappa shape index (κ2) is 20.3. The van der Waals surface area contributed by atoms with Crippen LogP contribution in [0, 0.1) is 0 Å². The van der Waals surface area contributed by atoms with Gasteiger partial charge < -0.3 is 25.0 Å². The van der Waals surface area contributed by atoms with Crippen molar-refractivity contribution in [3.8, 4) is 0 Å². The van der Waals surface area contributed by atoms with E-state index in [0.29, 0.717) is 32.5 Å². The van der Waals surface area contributed by atoms with Crippen molar-refractivity contribution in [1.82, 2.24) is 20.4 Å². The average Bonchev–Trinajstić information content (AvgIpc) is 2.82. The van der Waals surface area contributed by atoms with Crippen LogP contribution in [0.15, 0.2) is 17.8 Å². The molecule has 0 aromatic rings. The lowest BCUT2D eigenvalue weighted by molar-refractivity contribution is 0.0152. The number of nitrogens with one attached hydrogen (secondary N) is 2. The van der Waals surface area contributed by atoms with Crippen LogP contribution < -0.4 is 10.6 Å². The van der Waals surface area contributed by atoms with Crippen molar-refractivity contribution in [3.05, 3.63) is 23.1 Å². The molecule has 0 atom stereocenters. The van der Waals surface area contributed by atoms with Crippen LogP contribution >= 0.6 is 34.8 Å². The monoisotopic (exact) mass is 627 g/mol. The van der Waals surface area contributed by atoms with Crippen molar-refractivity contribution in [2.75, 3.05) is 58.9 Å². The molecule has 11 nitrogen and oxygen atoms in total. The SMILES string of the molecule is C=CCN(CCCNCCCCNC(=O)OC(C)(C)C)CCCN(CCCN=[N+]=[N-])C(=O)OC(C)(C)C(Cl)(Cl)Cl. The van der Waals surface area contributed by atoms with Gasteiger partial charge in [0.25, 0.3) is 0 Å². The molecule has 2 N–H and O–H groups in total. The molecule has 0 saturated carbocycles. The maximum atomic E-state index is 12.9. The molecule has 0 saturated heterocycles. The molecule has 40 heavy (non-hydrogen) atoms. The number of carbonyl (C=O) groups excluding carboxylic acids is 2. The Morgan fingerprint density at radius 3 is 2.12 bits per heavy atom. The molecule has 2 amide bonds. The van der Waals surface area contributed by atoms with Crippen LogP contribution in [-0.2, 0) is 9.47 Å². The maximum Gasteiger partial charge on any atom is 0.410 e. The Labute approximate surface area is 254 Å². The maximum absolute atomic E-state index is 12.9. The lowest BCUT2D eigenvalue weighted by Crippen LogP contribution is -2.46. The summed E-state index contributed by atoms with van der Waals surface area (Å²) in [4.78, 5) is 31.1. The summed E-state index contributed by atoms with van der Waals surface area (Å²) in [5.74, 6) is 0. The first kappa shape index (κ1) is 38.4. The molecule has 0 rings (SSSR count). The highest BCUT2D eigenvalue weighted by molar-refractivity contribution is 6.68. The number of amides is 2. The zero-order chi connectivity index (χ0) is 30.7. The summed E-state index contributed by atoms with van der Waals surface area (Å²) in [5.41, 5.74) is 6.69. The van der Waals surface area contributed by atoms with E-state index in [0.717, 1.165) is 52.0 Å². The number of rotatable bonds is 20. The molecule has 0 aliphatic carbocycles. The zero-order valence-corrected chi connectivity index (χ0v) is 27.0. The predicted octanol–water partition coefficient (Wildman–Crippen LogP) is 6.44. The predicted molar refractivity (Wildman–Crippen MR) is 163 cm³/mol. The summed E-state index contributed by atoms with van der Waals surface area (Å²) in [6, 6.07) is 0. The minimum absolute atomic E-state index is 0.268. The number of azide groups is 1.